The molecule has 1 saturated heterocycles. The van der Waals surface area contributed by atoms with Crippen LogP contribution in [0.5, 0.6) is 0 Å². The Morgan fingerprint density at radius 1 is 1.09 bits per heavy atom. The van der Waals surface area contributed by atoms with Gasteiger partial charge in [0.25, 0.3) is 5.56 Å². The van der Waals surface area contributed by atoms with Gasteiger partial charge < -0.3 is 4.90 Å². The number of nitrogens with zero attached hydrogens (tertiary/aromatic N) is 4. The largest absolute Gasteiger partial charge is 0.353 e. The second-order valence-corrected chi connectivity index (χ2v) is 6.81. The summed E-state index contributed by atoms with van der Waals surface area (Å²) >= 11 is 0. The van der Waals surface area contributed by atoms with Crippen LogP contribution >= 0.6 is 0 Å². The van der Waals surface area contributed by atoms with E-state index in [0.29, 0.717) is 23.6 Å². The van der Waals surface area contributed by atoms with Crippen LogP contribution in [0.25, 0.3) is 0 Å². The topological polar surface area (TPSA) is 71.0 Å². The molecule has 0 N–H and O–H groups in total. The minimum Gasteiger partial charge on any atom is -0.353 e. The highest BCUT2D eigenvalue weighted by Crippen LogP contribution is 2.39. The first-order valence-electron chi connectivity index (χ1n) is 7.69. The molecule has 2 atom stereocenters. The molecular formula is C16H24N4O2. The molecule has 0 aromatic carbocycles. The summed E-state index contributed by atoms with van der Waals surface area (Å²) in [7, 11) is 3.03. The van der Waals surface area contributed by atoms with Crippen molar-refractivity contribution in [2.24, 2.45) is 31.8 Å². The van der Waals surface area contributed by atoms with E-state index < -0.39 is 11.2 Å². The summed E-state index contributed by atoms with van der Waals surface area (Å²) in [5.41, 5.74) is -0.858. The van der Waals surface area contributed by atoms with Gasteiger partial charge in [-0.15, -0.1) is 0 Å². The number of rotatable bonds is 3. The molecule has 1 aromatic rings. The maximum absolute atomic E-state index is 12.2. The monoisotopic (exact) mass is 304 g/mol. The minimum absolute atomic E-state index is 0.0532. The van der Waals surface area contributed by atoms with Gasteiger partial charge in [0.1, 0.15) is 11.9 Å². The number of hydrogen-bond donors (Lipinski definition) is 0. The van der Waals surface area contributed by atoms with Crippen molar-refractivity contribution in [1.82, 2.24) is 9.13 Å². The third kappa shape index (κ3) is 2.25. The van der Waals surface area contributed by atoms with Crippen LogP contribution < -0.4 is 16.1 Å². The number of nitriles is 1. The van der Waals surface area contributed by atoms with Gasteiger partial charge in [0.05, 0.1) is 0 Å². The zero-order chi connectivity index (χ0) is 16.8. The number of anilines is 1. The lowest BCUT2D eigenvalue weighted by Crippen LogP contribution is -2.62. The SMILES string of the molecule is CC(C)[C@H]1CN(c2c(C#N)c(=O)n(C)c(=O)n2C)[C@H]1C(C)C. The molecule has 1 aliphatic rings. The van der Waals surface area contributed by atoms with Crippen molar-refractivity contribution in [3.8, 4) is 6.07 Å². The number of aromatic nitrogens is 2. The summed E-state index contributed by atoms with van der Waals surface area (Å²) in [5, 5.41) is 9.40. The molecule has 0 saturated carbocycles. The fourth-order valence-corrected chi connectivity index (χ4v) is 3.50. The molecule has 2 heterocycles. The summed E-state index contributed by atoms with van der Waals surface area (Å²) in [5.74, 6) is 1.88. The number of hydrogen-bond acceptors (Lipinski definition) is 4. The maximum atomic E-state index is 12.2. The van der Waals surface area contributed by atoms with Gasteiger partial charge in [-0.3, -0.25) is 13.9 Å². The first-order chi connectivity index (χ1) is 10.2. The van der Waals surface area contributed by atoms with Crippen molar-refractivity contribution in [3.05, 3.63) is 26.4 Å². The zero-order valence-electron chi connectivity index (χ0n) is 14.1. The van der Waals surface area contributed by atoms with Crippen molar-refractivity contribution in [3.63, 3.8) is 0 Å². The Kier molecular flexibility index (Phi) is 4.19. The van der Waals surface area contributed by atoms with Crippen LogP contribution in [-0.2, 0) is 14.1 Å². The van der Waals surface area contributed by atoms with E-state index in [1.165, 1.54) is 11.6 Å². The molecule has 120 valence electrons. The average molecular weight is 304 g/mol. The fraction of sp³-hybridized carbons (Fsp3) is 0.688. The van der Waals surface area contributed by atoms with E-state index in [9.17, 15) is 14.9 Å². The van der Waals surface area contributed by atoms with Crippen molar-refractivity contribution in [1.29, 1.82) is 5.26 Å². The Balaban J connectivity index is 2.62. The predicted octanol–water partition coefficient (Wildman–Crippen LogP) is 1.07. The molecule has 22 heavy (non-hydrogen) atoms. The lowest BCUT2D eigenvalue weighted by molar-refractivity contribution is 0.174. The second kappa shape index (κ2) is 5.64. The molecule has 1 aliphatic heterocycles. The molecule has 1 aromatic heterocycles. The molecule has 0 amide bonds. The van der Waals surface area contributed by atoms with E-state index in [2.05, 4.69) is 32.6 Å². The summed E-state index contributed by atoms with van der Waals surface area (Å²) in [6.07, 6.45) is 0. The van der Waals surface area contributed by atoms with Crippen LogP contribution in [0.4, 0.5) is 5.82 Å². The van der Waals surface area contributed by atoms with Crippen molar-refractivity contribution >= 4 is 5.82 Å². The van der Waals surface area contributed by atoms with E-state index in [0.717, 1.165) is 11.1 Å². The smallest absolute Gasteiger partial charge is 0.332 e. The molecule has 1 fully saturated rings. The Bertz CT molecular complexity index is 736. The molecule has 2 rings (SSSR count). The van der Waals surface area contributed by atoms with Crippen LogP contribution in [0.3, 0.4) is 0 Å². The standard InChI is InChI=1S/C16H24N4O2/c1-9(2)12-8-20(13(12)10(3)4)14-11(7-17)15(21)19(6)16(22)18(14)5/h9-10,12-13H,8H2,1-6H3/t12-,13+/m1/s1. The van der Waals surface area contributed by atoms with Crippen LogP contribution in [0, 0.1) is 29.1 Å². The van der Waals surface area contributed by atoms with Gasteiger partial charge in [0, 0.05) is 26.7 Å². The lowest BCUT2D eigenvalue weighted by atomic mass is 9.74. The summed E-state index contributed by atoms with van der Waals surface area (Å²) in [6.45, 7) is 9.42. The Morgan fingerprint density at radius 2 is 1.68 bits per heavy atom. The Labute approximate surface area is 130 Å². The van der Waals surface area contributed by atoms with Gasteiger partial charge in [-0.2, -0.15) is 5.26 Å². The minimum atomic E-state index is -0.517. The van der Waals surface area contributed by atoms with Gasteiger partial charge >= 0.3 is 5.69 Å². The third-order valence-electron chi connectivity index (χ3n) is 4.76. The van der Waals surface area contributed by atoms with Crippen LogP contribution in [-0.4, -0.2) is 21.7 Å². The van der Waals surface area contributed by atoms with Crippen LogP contribution in [0.2, 0.25) is 0 Å². The lowest BCUT2D eigenvalue weighted by Gasteiger charge is -2.54. The molecular weight excluding hydrogens is 280 g/mol. The van der Waals surface area contributed by atoms with E-state index >= 15 is 0 Å². The molecule has 6 nitrogen and oxygen atoms in total. The summed E-state index contributed by atoms with van der Waals surface area (Å²) < 4.78 is 2.41. The summed E-state index contributed by atoms with van der Waals surface area (Å²) in [4.78, 5) is 26.5. The van der Waals surface area contributed by atoms with Crippen molar-refractivity contribution in [2.45, 2.75) is 33.7 Å². The maximum Gasteiger partial charge on any atom is 0.332 e. The Hall–Kier alpha value is -2.03. The van der Waals surface area contributed by atoms with Gasteiger partial charge in [-0.1, -0.05) is 27.7 Å². The van der Waals surface area contributed by atoms with Crippen molar-refractivity contribution in [2.75, 3.05) is 11.4 Å². The average Bonchev–Trinajstić information content (AvgIpc) is 2.40. The van der Waals surface area contributed by atoms with Gasteiger partial charge in [0.15, 0.2) is 5.56 Å². The van der Waals surface area contributed by atoms with Gasteiger partial charge in [-0.25, -0.2) is 4.79 Å². The van der Waals surface area contributed by atoms with Gasteiger partial charge in [-0.05, 0) is 17.8 Å². The second-order valence-electron chi connectivity index (χ2n) is 6.81. The molecule has 0 radical (unpaired) electrons. The highest BCUT2D eigenvalue weighted by molar-refractivity contribution is 5.56. The molecule has 0 spiro atoms. The van der Waals surface area contributed by atoms with E-state index in [1.807, 2.05) is 6.07 Å². The first-order valence-corrected chi connectivity index (χ1v) is 7.69. The summed E-state index contributed by atoms with van der Waals surface area (Å²) in [6, 6.07) is 2.23. The van der Waals surface area contributed by atoms with E-state index in [1.54, 1.807) is 7.05 Å². The normalized spacial score (nSPS) is 21.1. The molecule has 0 unspecified atom stereocenters. The van der Waals surface area contributed by atoms with E-state index in [-0.39, 0.29) is 11.6 Å². The highest BCUT2D eigenvalue weighted by atomic mass is 16.2. The van der Waals surface area contributed by atoms with Crippen molar-refractivity contribution < 1.29 is 0 Å². The fourth-order valence-electron chi connectivity index (χ4n) is 3.50. The zero-order valence-corrected chi connectivity index (χ0v) is 14.1. The molecule has 6 heteroatoms. The molecule has 0 bridgehead atoms. The third-order valence-corrected chi connectivity index (χ3v) is 4.76. The van der Waals surface area contributed by atoms with Crippen LogP contribution in [0.1, 0.15) is 33.3 Å². The predicted molar refractivity (Wildman–Crippen MR) is 85.9 cm³/mol. The van der Waals surface area contributed by atoms with E-state index in [4.69, 9.17) is 0 Å². The molecule has 0 aliphatic carbocycles. The first kappa shape index (κ1) is 16.3. The van der Waals surface area contributed by atoms with Gasteiger partial charge in [0.2, 0.25) is 0 Å². The highest BCUT2D eigenvalue weighted by Gasteiger charge is 2.44. The Morgan fingerprint density at radius 3 is 2.14 bits per heavy atom. The van der Waals surface area contributed by atoms with Crippen LogP contribution in [0.15, 0.2) is 9.59 Å². The quantitative estimate of drug-likeness (QED) is 0.837.